The van der Waals surface area contributed by atoms with Gasteiger partial charge in [0.25, 0.3) is 0 Å². The van der Waals surface area contributed by atoms with E-state index in [1.807, 2.05) is 24.3 Å². The fourth-order valence-electron chi connectivity index (χ4n) is 2.62. The molecule has 0 radical (unpaired) electrons. The van der Waals surface area contributed by atoms with Gasteiger partial charge in [-0.2, -0.15) is 0 Å². The number of rotatable bonds is 4. The number of likely N-dealkylation sites (tertiary alicyclic amines) is 1. The Kier molecular flexibility index (Phi) is 5.36. The van der Waals surface area contributed by atoms with Crippen LogP contribution in [-0.4, -0.2) is 45.7 Å². The predicted octanol–water partition coefficient (Wildman–Crippen LogP) is 1.34. The van der Waals surface area contributed by atoms with Gasteiger partial charge in [0.1, 0.15) is 0 Å². The number of nitrogens with zero attached hydrogens (tertiary/aromatic N) is 1. The molecule has 0 spiro atoms. The van der Waals surface area contributed by atoms with Crippen LogP contribution in [0.5, 0.6) is 0 Å². The highest BCUT2D eigenvalue weighted by atomic mass is 32.2. The zero-order valence-corrected chi connectivity index (χ0v) is 13.2. The van der Waals surface area contributed by atoms with E-state index in [1.165, 1.54) is 0 Å². The third-order valence-corrected chi connectivity index (χ3v) is 4.97. The van der Waals surface area contributed by atoms with Crippen molar-refractivity contribution in [2.45, 2.75) is 30.8 Å². The van der Waals surface area contributed by atoms with Gasteiger partial charge in [0, 0.05) is 35.0 Å². The van der Waals surface area contributed by atoms with Crippen LogP contribution in [0, 0.1) is 5.92 Å². The Morgan fingerprint density at radius 1 is 1.43 bits per heavy atom. The Labute approximate surface area is 127 Å². The molecule has 0 unspecified atom stereocenters. The first-order valence-corrected chi connectivity index (χ1v) is 8.66. The van der Waals surface area contributed by atoms with Crippen LogP contribution in [0.4, 0.5) is 4.79 Å². The van der Waals surface area contributed by atoms with E-state index in [1.54, 1.807) is 11.2 Å². The summed E-state index contributed by atoms with van der Waals surface area (Å²) in [5, 5.41) is 12.2. The lowest BCUT2D eigenvalue weighted by molar-refractivity contribution is 0.143. The second kappa shape index (κ2) is 7.04. The molecule has 1 aliphatic rings. The molecule has 1 aliphatic heterocycles. The minimum absolute atomic E-state index is 0.00555. The topological polar surface area (TPSA) is 69.6 Å². The third kappa shape index (κ3) is 3.83. The Bertz CT molecular complexity index is 518. The van der Waals surface area contributed by atoms with Gasteiger partial charge in [-0.05, 0) is 30.0 Å². The first kappa shape index (κ1) is 16.0. The molecule has 1 aromatic carbocycles. The molecule has 1 aromatic rings. The number of hydrogen-bond acceptors (Lipinski definition) is 3. The molecule has 6 heteroatoms. The Morgan fingerprint density at radius 3 is 2.67 bits per heavy atom. The molecular formula is C15H22N2O3S. The average Bonchev–Trinajstić information content (AvgIpc) is 2.86. The van der Waals surface area contributed by atoms with E-state index in [-0.39, 0.29) is 18.7 Å². The van der Waals surface area contributed by atoms with Crippen molar-refractivity contribution < 1.29 is 14.1 Å². The fourth-order valence-corrected chi connectivity index (χ4v) is 3.14. The molecule has 2 rings (SSSR count). The van der Waals surface area contributed by atoms with Crippen molar-refractivity contribution in [3.8, 4) is 0 Å². The van der Waals surface area contributed by atoms with Crippen LogP contribution >= 0.6 is 0 Å². The van der Waals surface area contributed by atoms with Gasteiger partial charge in [0.2, 0.25) is 0 Å². The van der Waals surface area contributed by atoms with E-state index in [0.29, 0.717) is 19.0 Å². The average molecular weight is 310 g/mol. The Hall–Kier alpha value is -1.40. The molecule has 5 nitrogen and oxygen atoms in total. The third-order valence-electron chi connectivity index (χ3n) is 4.03. The van der Waals surface area contributed by atoms with Gasteiger partial charge in [-0.3, -0.25) is 4.21 Å². The summed E-state index contributed by atoms with van der Waals surface area (Å²) >= 11 is 0. The SMILES string of the molecule is C[C@@H]1CCN(C(=O)NCc2ccc([S@](C)=O)cc2)[C@H]1CO. The van der Waals surface area contributed by atoms with Crippen molar-refractivity contribution >= 4 is 16.8 Å². The van der Waals surface area contributed by atoms with E-state index in [0.717, 1.165) is 16.9 Å². The first-order valence-electron chi connectivity index (χ1n) is 7.10. The van der Waals surface area contributed by atoms with Crippen molar-refractivity contribution in [1.29, 1.82) is 0 Å². The van der Waals surface area contributed by atoms with E-state index < -0.39 is 10.8 Å². The van der Waals surface area contributed by atoms with Crippen LogP contribution in [0.15, 0.2) is 29.2 Å². The van der Waals surface area contributed by atoms with Crippen LogP contribution in [0.3, 0.4) is 0 Å². The van der Waals surface area contributed by atoms with Crippen LogP contribution < -0.4 is 5.32 Å². The molecule has 0 bridgehead atoms. The molecule has 1 heterocycles. The number of amides is 2. The molecule has 3 atom stereocenters. The number of benzene rings is 1. The Morgan fingerprint density at radius 2 is 2.10 bits per heavy atom. The number of nitrogens with one attached hydrogen (secondary N) is 1. The zero-order chi connectivity index (χ0) is 15.4. The maximum Gasteiger partial charge on any atom is 0.318 e. The highest BCUT2D eigenvalue weighted by Crippen LogP contribution is 2.23. The van der Waals surface area contributed by atoms with Crippen molar-refractivity contribution in [2.75, 3.05) is 19.4 Å². The summed E-state index contributed by atoms with van der Waals surface area (Å²) in [4.78, 5) is 14.6. The zero-order valence-electron chi connectivity index (χ0n) is 12.4. The number of carbonyl (C=O) groups is 1. The van der Waals surface area contributed by atoms with Crippen molar-refractivity contribution in [2.24, 2.45) is 5.92 Å². The molecule has 1 fully saturated rings. The number of aliphatic hydroxyl groups excluding tert-OH is 1. The van der Waals surface area contributed by atoms with Crippen LogP contribution in [0.25, 0.3) is 0 Å². The van der Waals surface area contributed by atoms with Crippen LogP contribution in [0.1, 0.15) is 18.9 Å². The smallest absolute Gasteiger partial charge is 0.318 e. The van der Waals surface area contributed by atoms with Gasteiger partial charge < -0.3 is 15.3 Å². The summed E-state index contributed by atoms with van der Waals surface area (Å²) in [5.74, 6) is 0.333. The normalized spacial score (nSPS) is 23.1. The van der Waals surface area contributed by atoms with Gasteiger partial charge in [-0.15, -0.1) is 0 Å². The van der Waals surface area contributed by atoms with Crippen molar-refractivity contribution in [3.63, 3.8) is 0 Å². The van der Waals surface area contributed by atoms with Gasteiger partial charge in [-0.25, -0.2) is 4.79 Å². The summed E-state index contributed by atoms with van der Waals surface area (Å²) < 4.78 is 11.3. The van der Waals surface area contributed by atoms with Crippen molar-refractivity contribution in [3.05, 3.63) is 29.8 Å². The van der Waals surface area contributed by atoms with E-state index in [4.69, 9.17) is 0 Å². The molecule has 116 valence electrons. The van der Waals surface area contributed by atoms with Gasteiger partial charge in [-0.1, -0.05) is 19.1 Å². The molecule has 0 saturated carbocycles. The summed E-state index contributed by atoms with van der Waals surface area (Å²) in [6, 6.07) is 7.13. The standard InChI is InChI=1S/C15H22N2O3S/c1-11-7-8-17(14(11)10-18)15(19)16-9-12-3-5-13(6-4-12)21(2)20/h3-6,11,14,18H,7-10H2,1-2H3,(H,16,19)/t11-,14+,21+/m1/s1. The number of hydrogen-bond donors (Lipinski definition) is 2. The summed E-state index contributed by atoms with van der Waals surface area (Å²) in [6.45, 7) is 3.17. The van der Waals surface area contributed by atoms with Crippen molar-refractivity contribution in [1.82, 2.24) is 10.2 Å². The highest BCUT2D eigenvalue weighted by Gasteiger charge is 2.33. The molecule has 0 aromatic heterocycles. The van der Waals surface area contributed by atoms with Gasteiger partial charge in [0.15, 0.2) is 0 Å². The largest absolute Gasteiger partial charge is 0.394 e. The monoisotopic (exact) mass is 310 g/mol. The van der Waals surface area contributed by atoms with Crippen LogP contribution in [0.2, 0.25) is 0 Å². The second-order valence-electron chi connectivity index (χ2n) is 5.47. The molecular weight excluding hydrogens is 288 g/mol. The molecule has 21 heavy (non-hydrogen) atoms. The maximum atomic E-state index is 12.2. The molecule has 0 aliphatic carbocycles. The number of urea groups is 1. The summed E-state index contributed by atoms with van der Waals surface area (Å²) in [5.41, 5.74) is 0.963. The first-order chi connectivity index (χ1) is 10.0. The summed E-state index contributed by atoms with van der Waals surface area (Å²) in [7, 11) is -0.985. The van der Waals surface area contributed by atoms with E-state index in [9.17, 15) is 14.1 Å². The lowest BCUT2D eigenvalue weighted by atomic mass is 10.0. The molecule has 2 N–H and O–H groups in total. The Balaban J connectivity index is 1.90. The maximum absolute atomic E-state index is 12.2. The predicted molar refractivity (Wildman–Crippen MR) is 82.4 cm³/mol. The van der Waals surface area contributed by atoms with Gasteiger partial charge in [0.05, 0.1) is 12.6 Å². The van der Waals surface area contributed by atoms with E-state index >= 15 is 0 Å². The molecule has 1 saturated heterocycles. The van der Waals surface area contributed by atoms with E-state index in [2.05, 4.69) is 12.2 Å². The lowest BCUT2D eigenvalue weighted by Crippen LogP contribution is -2.45. The minimum Gasteiger partial charge on any atom is -0.394 e. The molecule has 2 amide bonds. The summed E-state index contributed by atoms with van der Waals surface area (Å²) in [6.07, 6.45) is 2.57. The number of carbonyl (C=O) groups excluding carboxylic acids is 1. The number of aliphatic hydroxyl groups is 1. The second-order valence-corrected chi connectivity index (χ2v) is 6.85. The quantitative estimate of drug-likeness (QED) is 0.881. The highest BCUT2D eigenvalue weighted by molar-refractivity contribution is 7.84. The fraction of sp³-hybridized carbons (Fsp3) is 0.533. The van der Waals surface area contributed by atoms with Gasteiger partial charge >= 0.3 is 6.03 Å². The van der Waals surface area contributed by atoms with Crippen LogP contribution in [-0.2, 0) is 17.3 Å². The minimum atomic E-state index is -0.985. The lowest BCUT2D eigenvalue weighted by Gasteiger charge is -2.25.